The molecule has 1 N–H and O–H groups in total. The minimum Gasteiger partial charge on any atom is -0.465 e. The molecule has 0 atom stereocenters. The molecule has 0 saturated heterocycles. The number of carbonyl (C=O) groups is 2. The van der Waals surface area contributed by atoms with Crippen LogP contribution in [0.2, 0.25) is 5.02 Å². The highest BCUT2D eigenvalue weighted by Gasteiger charge is 2.08. The molecule has 0 aromatic heterocycles. The number of halogens is 1. The first kappa shape index (κ1) is 15.1. The van der Waals surface area contributed by atoms with E-state index in [0.717, 1.165) is 5.56 Å². The second-order valence-corrected chi connectivity index (χ2v) is 4.82. The van der Waals surface area contributed by atoms with Crippen LogP contribution in [-0.4, -0.2) is 19.0 Å². The molecule has 0 fully saturated rings. The molecule has 0 saturated carbocycles. The molecule has 2 aromatic rings. The molecule has 1 amide bonds. The quantitative estimate of drug-likeness (QED) is 0.883. The van der Waals surface area contributed by atoms with Crippen LogP contribution in [0.1, 0.15) is 26.3 Å². The topological polar surface area (TPSA) is 55.4 Å². The maximum absolute atomic E-state index is 12.0. The first-order valence-electron chi connectivity index (χ1n) is 6.31. The number of ether oxygens (including phenoxy) is 1. The summed E-state index contributed by atoms with van der Waals surface area (Å²) < 4.78 is 4.60. The van der Waals surface area contributed by atoms with Crippen LogP contribution in [0.5, 0.6) is 0 Å². The molecule has 0 spiro atoms. The maximum Gasteiger partial charge on any atom is 0.337 e. The zero-order valence-electron chi connectivity index (χ0n) is 11.4. The lowest BCUT2D eigenvalue weighted by molar-refractivity contribution is 0.0600. The van der Waals surface area contributed by atoms with Crippen molar-refractivity contribution in [2.45, 2.75) is 6.54 Å². The monoisotopic (exact) mass is 303 g/mol. The molecule has 2 rings (SSSR count). The Kier molecular flexibility index (Phi) is 4.95. The molecular weight excluding hydrogens is 290 g/mol. The van der Waals surface area contributed by atoms with Crippen LogP contribution in [0.3, 0.4) is 0 Å². The number of methoxy groups -OCH3 is 1. The van der Waals surface area contributed by atoms with Gasteiger partial charge in [0.2, 0.25) is 0 Å². The number of rotatable bonds is 4. The molecule has 2 aromatic carbocycles. The van der Waals surface area contributed by atoms with Crippen molar-refractivity contribution in [2.24, 2.45) is 0 Å². The van der Waals surface area contributed by atoms with Crippen molar-refractivity contribution in [2.75, 3.05) is 7.11 Å². The minimum absolute atomic E-state index is 0.216. The smallest absolute Gasteiger partial charge is 0.337 e. The molecule has 0 aliphatic carbocycles. The number of esters is 1. The lowest BCUT2D eigenvalue weighted by Crippen LogP contribution is -2.22. The molecule has 21 heavy (non-hydrogen) atoms. The molecule has 5 heteroatoms. The van der Waals surface area contributed by atoms with Gasteiger partial charge in [0.15, 0.2) is 0 Å². The van der Waals surface area contributed by atoms with Gasteiger partial charge in [-0.05, 0) is 42.0 Å². The van der Waals surface area contributed by atoms with Crippen LogP contribution >= 0.6 is 11.6 Å². The summed E-state index contributed by atoms with van der Waals surface area (Å²) in [4.78, 5) is 23.3. The Hall–Kier alpha value is -2.33. The van der Waals surface area contributed by atoms with E-state index in [2.05, 4.69) is 10.1 Å². The summed E-state index contributed by atoms with van der Waals surface area (Å²) in [6.45, 7) is 0.387. The Morgan fingerprint density at radius 1 is 1.10 bits per heavy atom. The largest absolute Gasteiger partial charge is 0.465 e. The van der Waals surface area contributed by atoms with Gasteiger partial charge in [-0.2, -0.15) is 0 Å². The lowest BCUT2D eigenvalue weighted by Gasteiger charge is -2.06. The average molecular weight is 304 g/mol. The van der Waals surface area contributed by atoms with Crippen LogP contribution in [0.25, 0.3) is 0 Å². The summed E-state index contributed by atoms with van der Waals surface area (Å²) >= 11 is 5.88. The van der Waals surface area contributed by atoms with E-state index in [1.54, 1.807) is 36.4 Å². The van der Waals surface area contributed by atoms with E-state index in [-0.39, 0.29) is 5.91 Å². The van der Waals surface area contributed by atoms with Crippen molar-refractivity contribution >= 4 is 23.5 Å². The molecule has 0 aliphatic rings. The van der Waals surface area contributed by atoms with Crippen LogP contribution in [0, 0.1) is 0 Å². The van der Waals surface area contributed by atoms with Crippen molar-refractivity contribution in [1.29, 1.82) is 0 Å². The number of nitrogens with one attached hydrogen (secondary N) is 1. The third kappa shape index (κ3) is 4.07. The van der Waals surface area contributed by atoms with Gasteiger partial charge in [0.25, 0.3) is 5.91 Å². The van der Waals surface area contributed by atoms with Crippen molar-refractivity contribution in [3.63, 3.8) is 0 Å². The standard InChI is InChI=1S/C16H14ClNO3/c1-21-16(20)13-7-5-12(6-8-13)15(19)18-10-11-3-2-4-14(17)9-11/h2-9H,10H2,1H3,(H,18,19). The van der Waals surface area contributed by atoms with Crippen LogP contribution in [0.4, 0.5) is 0 Å². The van der Waals surface area contributed by atoms with E-state index < -0.39 is 5.97 Å². The van der Waals surface area contributed by atoms with Crippen LogP contribution in [0.15, 0.2) is 48.5 Å². The molecular formula is C16H14ClNO3. The van der Waals surface area contributed by atoms with Gasteiger partial charge in [-0.15, -0.1) is 0 Å². The van der Waals surface area contributed by atoms with Gasteiger partial charge in [-0.25, -0.2) is 4.79 Å². The van der Waals surface area contributed by atoms with Gasteiger partial charge in [-0.3, -0.25) is 4.79 Å². The Balaban J connectivity index is 1.99. The molecule has 108 valence electrons. The summed E-state index contributed by atoms with van der Waals surface area (Å²) in [5.41, 5.74) is 1.80. The Morgan fingerprint density at radius 2 is 1.76 bits per heavy atom. The highest BCUT2D eigenvalue weighted by molar-refractivity contribution is 6.30. The van der Waals surface area contributed by atoms with E-state index in [1.165, 1.54) is 7.11 Å². The molecule has 0 unspecified atom stereocenters. The van der Waals surface area contributed by atoms with Gasteiger partial charge in [-0.1, -0.05) is 23.7 Å². The molecule has 0 bridgehead atoms. The van der Waals surface area contributed by atoms with E-state index in [9.17, 15) is 9.59 Å². The fourth-order valence-electron chi connectivity index (χ4n) is 1.81. The zero-order valence-corrected chi connectivity index (χ0v) is 12.2. The van der Waals surface area contributed by atoms with Gasteiger partial charge in [0.05, 0.1) is 12.7 Å². The van der Waals surface area contributed by atoms with E-state index in [1.807, 2.05) is 12.1 Å². The van der Waals surface area contributed by atoms with Crippen molar-refractivity contribution in [3.8, 4) is 0 Å². The predicted molar refractivity (Wildman–Crippen MR) is 80.4 cm³/mol. The fraction of sp³-hybridized carbons (Fsp3) is 0.125. The molecule has 0 radical (unpaired) electrons. The zero-order chi connectivity index (χ0) is 15.2. The van der Waals surface area contributed by atoms with E-state index >= 15 is 0 Å². The maximum atomic E-state index is 12.0. The van der Waals surface area contributed by atoms with Gasteiger partial charge < -0.3 is 10.1 Å². The number of benzene rings is 2. The van der Waals surface area contributed by atoms with Gasteiger partial charge in [0.1, 0.15) is 0 Å². The SMILES string of the molecule is COC(=O)c1ccc(C(=O)NCc2cccc(Cl)c2)cc1. The van der Waals surface area contributed by atoms with Crippen molar-refractivity contribution in [3.05, 3.63) is 70.2 Å². The third-order valence-corrected chi connectivity index (χ3v) is 3.15. The Labute approximate surface area is 127 Å². The highest BCUT2D eigenvalue weighted by Crippen LogP contribution is 2.11. The second kappa shape index (κ2) is 6.90. The van der Waals surface area contributed by atoms with Crippen molar-refractivity contribution in [1.82, 2.24) is 5.32 Å². The number of carbonyl (C=O) groups excluding carboxylic acids is 2. The second-order valence-electron chi connectivity index (χ2n) is 4.38. The van der Waals surface area contributed by atoms with Crippen LogP contribution < -0.4 is 5.32 Å². The average Bonchev–Trinajstić information content (AvgIpc) is 2.52. The molecule has 4 nitrogen and oxygen atoms in total. The summed E-state index contributed by atoms with van der Waals surface area (Å²) in [7, 11) is 1.31. The summed E-state index contributed by atoms with van der Waals surface area (Å²) in [5.74, 6) is -0.646. The first-order valence-corrected chi connectivity index (χ1v) is 6.69. The van der Waals surface area contributed by atoms with Crippen molar-refractivity contribution < 1.29 is 14.3 Å². The summed E-state index contributed by atoms with van der Waals surface area (Å²) in [6, 6.07) is 13.6. The highest BCUT2D eigenvalue weighted by atomic mass is 35.5. The Bertz CT molecular complexity index is 653. The predicted octanol–water partition coefficient (Wildman–Crippen LogP) is 3.06. The van der Waals surface area contributed by atoms with E-state index in [4.69, 9.17) is 11.6 Å². The first-order chi connectivity index (χ1) is 10.1. The number of hydrogen-bond acceptors (Lipinski definition) is 3. The number of hydrogen-bond donors (Lipinski definition) is 1. The van der Waals surface area contributed by atoms with E-state index in [0.29, 0.717) is 22.7 Å². The third-order valence-electron chi connectivity index (χ3n) is 2.91. The normalized spacial score (nSPS) is 10.0. The van der Waals surface area contributed by atoms with Gasteiger partial charge >= 0.3 is 5.97 Å². The lowest BCUT2D eigenvalue weighted by atomic mass is 10.1. The minimum atomic E-state index is -0.430. The fourth-order valence-corrected chi connectivity index (χ4v) is 2.02. The molecule has 0 heterocycles. The summed E-state index contributed by atoms with van der Waals surface area (Å²) in [5, 5.41) is 3.42. The Morgan fingerprint density at radius 3 is 2.38 bits per heavy atom. The van der Waals surface area contributed by atoms with Crippen LogP contribution in [-0.2, 0) is 11.3 Å². The van der Waals surface area contributed by atoms with Gasteiger partial charge in [0, 0.05) is 17.1 Å². The molecule has 0 aliphatic heterocycles. The summed E-state index contributed by atoms with van der Waals surface area (Å²) in [6.07, 6.45) is 0. The number of amides is 1.